The molecule has 0 saturated heterocycles. The minimum atomic E-state index is -0.0846. The predicted molar refractivity (Wildman–Crippen MR) is 99.3 cm³/mol. The number of nitrogens with zero attached hydrogens (tertiary/aromatic N) is 2. The van der Waals surface area contributed by atoms with Gasteiger partial charge in [0.2, 0.25) is 0 Å². The molecule has 0 aliphatic heterocycles. The molecule has 3 rings (SSSR count). The van der Waals surface area contributed by atoms with E-state index >= 15 is 0 Å². The van der Waals surface area contributed by atoms with Gasteiger partial charge in [-0.1, -0.05) is 17.7 Å². The van der Waals surface area contributed by atoms with Crippen LogP contribution in [-0.2, 0) is 13.2 Å². The molecule has 7 heteroatoms. The Hall–Kier alpha value is -2.31. The number of nitrogens with one attached hydrogen (secondary N) is 1. The fourth-order valence-electron chi connectivity index (χ4n) is 2.32. The maximum atomic E-state index is 12.3. The van der Waals surface area contributed by atoms with Gasteiger partial charge in [0.15, 0.2) is 0 Å². The average Bonchev–Trinajstić information content (AvgIpc) is 3.24. The minimum absolute atomic E-state index is 0.0133. The van der Waals surface area contributed by atoms with Gasteiger partial charge in [0.05, 0.1) is 11.4 Å². The summed E-state index contributed by atoms with van der Waals surface area (Å²) >= 11 is 7.34. The zero-order chi connectivity index (χ0) is 17.6. The van der Waals surface area contributed by atoms with E-state index in [1.807, 2.05) is 42.8 Å². The van der Waals surface area contributed by atoms with Gasteiger partial charge in [-0.2, -0.15) is 5.10 Å². The van der Waals surface area contributed by atoms with E-state index < -0.39 is 0 Å². The summed E-state index contributed by atoms with van der Waals surface area (Å²) in [6.45, 7) is 2.98. The second-order valence-corrected chi connectivity index (χ2v) is 7.02. The van der Waals surface area contributed by atoms with Crippen molar-refractivity contribution in [3.8, 4) is 5.75 Å². The number of ether oxygens (including phenoxy) is 1. The lowest BCUT2D eigenvalue weighted by molar-refractivity contribution is 0.0940. The molecule has 0 bridgehead atoms. The van der Waals surface area contributed by atoms with Crippen molar-refractivity contribution in [2.75, 3.05) is 0 Å². The van der Waals surface area contributed by atoms with Crippen LogP contribution in [-0.4, -0.2) is 21.7 Å². The Morgan fingerprint density at radius 3 is 3.04 bits per heavy atom. The van der Waals surface area contributed by atoms with Crippen LogP contribution >= 0.6 is 22.9 Å². The summed E-state index contributed by atoms with van der Waals surface area (Å²) in [5.74, 6) is 0.621. The van der Waals surface area contributed by atoms with Crippen LogP contribution in [0.25, 0.3) is 0 Å². The molecule has 5 nitrogen and oxygen atoms in total. The molecule has 130 valence electrons. The lowest BCUT2D eigenvalue weighted by atomic mass is 10.3. The molecule has 1 N–H and O–H groups in total. The monoisotopic (exact) mass is 375 g/mol. The number of carbonyl (C=O) groups is 1. The number of hydrogen-bond donors (Lipinski definition) is 1. The SMILES string of the molecule is CC(Cn1cccn1)NC(=O)c1cc(COc2cccc(Cl)c2)cs1. The van der Waals surface area contributed by atoms with E-state index in [9.17, 15) is 4.79 Å². The highest BCUT2D eigenvalue weighted by Crippen LogP contribution is 2.20. The first-order valence-corrected chi connectivity index (χ1v) is 9.10. The quantitative estimate of drug-likeness (QED) is 0.679. The smallest absolute Gasteiger partial charge is 0.261 e. The summed E-state index contributed by atoms with van der Waals surface area (Å²) in [5, 5.41) is 9.68. The largest absolute Gasteiger partial charge is 0.489 e. The number of carbonyl (C=O) groups excluding carboxylic acids is 1. The van der Waals surface area contributed by atoms with Crippen molar-refractivity contribution in [3.63, 3.8) is 0 Å². The van der Waals surface area contributed by atoms with Crippen LogP contribution in [0, 0.1) is 0 Å². The molecular formula is C18H18ClN3O2S. The molecule has 1 aromatic carbocycles. The Kier molecular flexibility index (Phi) is 5.73. The summed E-state index contributed by atoms with van der Waals surface area (Å²) in [7, 11) is 0. The Labute approximate surface area is 155 Å². The lowest BCUT2D eigenvalue weighted by Crippen LogP contribution is -2.35. The van der Waals surface area contributed by atoms with Gasteiger partial charge >= 0.3 is 0 Å². The standard InChI is InChI=1S/C18H18ClN3O2S/c1-13(10-22-7-3-6-20-22)21-18(23)17-8-14(12-25-17)11-24-16-5-2-4-15(19)9-16/h2-9,12-13H,10-11H2,1H3,(H,21,23). The Bertz CT molecular complexity index is 832. The Morgan fingerprint density at radius 2 is 2.28 bits per heavy atom. The van der Waals surface area contributed by atoms with Crippen molar-refractivity contribution in [3.05, 3.63) is 69.6 Å². The fourth-order valence-corrected chi connectivity index (χ4v) is 3.30. The zero-order valence-corrected chi connectivity index (χ0v) is 15.3. The van der Waals surface area contributed by atoms with E-state index in [0.717, 1.165) is 5.56 Å². The lowest BCUT2D eigenvalue weighted by Gasteiger charge is -2.13. The molecule has 1 atom stereocenters. The molecule has 3 aromatic rings. The Balaban J connectivity index is 1.52. The van der Waals surface area contributed by atoms with Gasteiger partial charge in [-0.05, 0) is 42.6 Å². The first-order chi connectivity index (χ1) is 12.1. The summed E-state index contributed by atoms with van der Waals surface area (Å²) in [6, 6.07) is 10.9. The highest BCUT2D eigenvalue weighted by Gasteiger charge is 2.13. The van der Waals surface area contributed by atoms with Crippen molar-refractivity contribution >= 4 is 28.8 Å². The van der Waals surface area contributed by atoms with Crippen LogP contribution in [0.4, 0.5) is 0 Å². The molecule has 0 spiro atoms. The third-order valence-corrected chi connectivity index (χ3v) is 4.69. The van der Waals surface area contributed by atoms with Gasteiger partial charge in [0.1, 0.15) is 12.4 Å². The van der Waals surface area contributed by atoms with Gasteiger partial charge < -0.3 is 10.1 Å². The van der Waals surface area contributed by atoms with Crippen LogP contribution in [0.15, 0.2) is 54.2 Å². The summed E-state index contributed by atoms with van der Waals surface area (Å²) in [4.78, 5) is 13.0. The maximum absolute atomic E-state index is 12.3. The van der Waals surface area contributed by atoms with Gasteiger partial charge in [-0.3, -0.25) is 9.48 Å². The predicted octanol–water partition coefficient (Wildman–Crippen LogP) is 4.00. The van der Waals surface area contributed by atoms with Crippen LogP contribution in [0.1, 0.15) is 22.2 Å². The third-order valence-electron chi connectivity index (χ3n) is 3.48. The van der Waals surface area contributed by atoms with Crippen molar-refractivity contribution in [2.24, 2.45) is 0 Å². The van der Waals surface area contributed by atoms with Gasteiger partial charge in [0.25, 0.3) is 5.91 Å². The third kappa shape index (κ3) is 5.08. The molecule has 0 saturated carbocycles. The van der Waals surface area contributed by atoms with E-state index in [1.54, 1.807) is 23.0 Å². The average molecular weight is 376 g/mol. The molecular weight excluding hydrogens is 358 g/mol. The van der Waals surface area contributed by atoms with E-state index in [4.69, 9.17) is 16.3 Å². The van der Waals surface area contributed by atoms with E-state index in [-0.39, 0.29) is 11.9 Å². The van der Waals surface area contributed by atoms with Crippen LogP contribution in [0.5, 0.6) is 5.75 Å². The second-order valence-electron chi connectivity index (χ2n) is 5.67. The van der Waals surface area contributed by atoms with Crippen LogP contribution < -0.4 is 10.1 Å². The minimum Gasteiger partial charge on any atom is -0.489 e. The number of halogens is 1. The first-order valence-electron chi connectivity index (χ1n) is 7.84. The summed E-state index contributed by atoms with van der Waals surface area (Å²) in [6.07, 6.45) is 3.60. The topological polar surface area (TPSA) is 56.2 Å². The zero-order valence-electron chi connectivity index (χ0n) is 13.7. The van der Waals surface area contributed by atoms with Crippen molar-refractivity contribution in [1.82, 2.24) is 15.1 Å². The Morgan fingerprint density at radius 1 is 1.40 bits per heavy atom. The molecule has 1 unspecified atom stereocenters. The van der Waals surface area contributed by atoms with Crippen molar-refractivity contribution < 1.29 is 9.53 Å². The highest BCUT2D eigenvalue weighted by atomic mass is 35.5. The molecule has 0 aliphatic rings. The molecule has 0 fully saturated rings. The van der Waals surface area contributed by atoms with Gasteiger partial charge in [-0.15, -0.1) is 11.3 Å². The van der Waals surface area contributed by atoms with Crippen molar-refractivity contribution in [1.29, 1.82) is 0 Å². The van der Waals surface area contributed by atoms with E-state index in [1.165, 1.54) is 11.3 Å². The molecule has 0 radical (unpaired) electrons. The van der Waals surface area contributed by atoms with Gasteiger partial charge in [-0.25, -0.2) is 0 Å². The molecule has 2 aromatic heterocycles. The summed E-state index contributed by atoms with van der Waals surface area (Å²) < 4.78 is 7.49. The maximum Gasteiger partial charge on any atom is 0.261 e. The number of benzene rings is 1. The fraction of sp³-hybridized carbons (Fsp3) is 0.222. The first kappa shape index (κ1) is 17.5. The van der Waals surface area contributed by atoms with E-state index in [2.05, 4.69) is 10.4 Å². The normalized spacial score (nSPS) is 11.9. The molecule has 0 aliphatic carbocycles. The second kappa shape index (κ2) is 8.18. The number of amides is 1. The molecule has 1 amide bonds. The van der Waals surface area contributed by atoms with Crippen LogP contribution in [0.2, 0.25) is 5.02 Å². The highest BCUT2D eigenvalue weighted by molar-refractivity contribution is 7.12. The van der Waals surface area contributed by atoms with Crippen molar-refractivity contribution in [2.45, 2.75) is 26.1 Å². The number of thiophene rings is 1. The van der Waals surface area contributed by atoms with E-state index in [0.29, 0.717) is 28.8 Å². The summed E-state index contributed by atoms with van der Waals surface area (Å²) in [5.41, 5.74) is 0.954. The number of aromatic nitrogens is 2. The molecule has 2 heterocycles. The van der Waals surface area contributed by atoms with Gasteiger partial charge in [0, 0.05) is 29.0 Å². The van der Waals surface area contributed by atoms with Crippen LogP contribution in [0.3, 0.4) is 0 Å². The molecule has 25 heavy (non-hydrogen) atoms. The number of rotatable bonds is 7. The number of hydrogen-bond acceptors (Lipinski definition) is 4.